The van der Waals surface area contributed by atoms with Crippen molar-refractivity contribution in [3.63, 3.8) is 0 Å². The number of aryl methyl sites for hydroxylation is 1. The molecule has 47 heavy (non-hydrogen) atoms. The number of rotatable bonds is 7. The van der Waals surface area contributed by atoms with Crippen LogP contribution in [0.4, 0.5) is 8.78 Å². The van der Waals surface area contributed by atoms with Crippen LogP contribution in [0.3, 0.4) is 0 Å². The number of hydrogen-bond donors (Lipinski definition) is 2. The lowest BCUT2D eigenvalue weighted by Crippen LogP contribution is -2.06. The van der Waals surface area contributed by atoms with Gasteiger partial charge in [-0.2, -0.15) is 0 Å². The van der Waals surface area contributed by atoms with E-state index in [9.17, 15) is 23.5 Å². The number of nitrogens with zero attached hydrogens (tertiary/aromatic N) is 2. The van der Waals surface area contributed by atoms with E-state index in [4.69, 9.17) is 10.8 Å². The van der Waals surface area contributed by atoms with E-state index in [0.29, 0.717) is 23.3 Å². The fourth-order valence-electron chi connectivity index (χ4n) is 4.12. The van der Waals surface area contributed by atoms with Gasteiger partial charge in [0.25, 0.3) is 0 Å². The summed E-state index contributed by atoms with van der Waals surface area (Å²) in [7, 11) is 4.25. The Morgan fingerprint density at radius 2 is 1.60 bits per heavy atom. The van der Waals surface area contributed by atoms with Gasteiger partial charge in [0, 0.05) is 41.1 Å². The van der Waals surface area contributed by atoms with E-state index in [1.165, 1.54) is 20.3 Å². The summed E-state index contributed by atoms with van der Waals surface area (Å²) in [5.41, 5.74) is 3.82. The molecule has 0 aliphatic carbocycles. The summed E-state index contributed by atoms with van der Waals surface area (Å²) in [6.45, 7) is 2.80. The van der Waals surface area contributed by atoms with Crippen LogP contribution in [0.2, 0.25) is 0 Å². The predicted octanol–water partition coefficient (Wildman–Crippen LogP) is 7.08. The molecule has 0 unspecified atom stereocenters. The van der Waals surface area contributed by atoms with Crippen molar-refractivity contribution in [2.75, 3.05) is 21.3 Å². The molecule has 2 N–H and O–H groups in total. The van der Waals surface area contributed by atoms with Gasteiger partial charge in [-0.1, -0.05) is 19.3 Å². The SMILES string of the molecule is C#Cc1ccc(CCC)nc1.CNCc1ccc(-c2cc3cc(F)cc(C(=O)OC)c3o2)cn1.COC(=O)c1cc(F)cc(I)c1O. The molecule has 3 heterocycles. The Hall–Kier alpha value is -4.87. The molecule has 0 fully saturated rings. The maximum absolute atomic E-state index is 13.7. The van der Waals surface area contributed by atoms with E-state index in [-0.39, 0.29) is 20.4 Å². The van der Waals surface area contributed by atoms with Crippen molar-refractivity contribution in [2.24, 2.45) is 0 Å². The summed E-state index contributed by atoms with van der Waals surface area (Å²) in [6, 6.07) is 13.8. The molecule has 0 aliphatic rings. The minimum absolute atomic E-state index is 0.0634. The Morgan fingerprint density at radius 1 is 0.957 bits per heavy atom. The summed E-state index contributed by atoms with van der Waals surface area (Å²) < 4.78 is 41.5. The summed E-state index contributed by atoms with van der Waals surface area (Å²) in [6.07, 6.45) is 10.8. The summed E-state index contributed by atoms with van der Waals surface area (Å²) in [4.78, 5) is 31.3. The van der Waals surface area contributed by atoms with Crippen LogP contribution in [0.15, 0.2) is 71.4 Å². The lowest BCUT2D eigenvalue weighted by Gasteiger charge is -2.04. The van der Waals surface area contributed by atoms with E-state index < -0.39 is 23.6 Å². The van der Waals surface area contributed by atoms with Gasteiger partial charge in [-0.05, 0) is 90.7 Å². The fourth-order valence-corrected chi connectivity index (χ4v) is 4.71. The quantitative estimate of drug-likeness (QED) is 0.102. The molecule has 5 aromatic rings. The molecule has 0 atom stereocenters. The Kier molecular flexibility index (Phi) is 13.8. The molecule has 0 spiro atoms. The number of carbonyl (C=O) groups is 2. The van der Waals surface area contributed by atoms with Gasteiger partial charge in [0.05, 0.1) is 23.5 Å². The highest BCUT2D eigenvalue weighted by Crippen LogP contribution is 2.31. The number of terminal acetylenes is 1. The maximum atomic E-state index is 13.7. The van der Waals surface area contributed by atoms with Crippen LogP contribution in [0, 0.1) is 27.5 Å². The molecule has 12 heteroatoms. The van der Waals surface area contributed by atoms with Crippen molar-refractivity contribution in [1.29, 1.82) is 0 Å². The first-order chi connectivity index (χ1) is 22.5. The molecule has 0 bridgehead atoms. The standard InChI is InChI=1S/C17H15FN2O3.C10H11N.C8H6FIO3/c1-19-9-13-4-3-10(8-20-13)15-6-11-5-12(18)7-14(16(11)23-15)17(21)22-2;1-3-5-10-7-6-9(4-2)8-11-10;1-13-8(12)5-2-4(9)3-6(10)7(5)11/h3-8,19H,9H2,1-2H3;2,6-8H,3,5H2,1H3;2-3,11H,1H3. The first-order valence-corrected chi connectivity index (χ1v) is 15.2. The number of aromatic nitrogens is 2. The number of methoxy groups -OCH3 is 2. The zero-order chi connectivity index (χ0) is 34.5. The van der Waals surface area contributed by atoms with Crippen LogP contribution in [0.1, 0.15) is 51.0 Å². The molecule has 9 nitrogen and oxygen atoms in total. The second-order valence-electron chi connectivity index (χ2n) is 9.75. The van der Waals surface area contributed by atoms with Crippen LogP contribution in [-0.2, 0) is 22.4 Å². The normalized spacial score (nSPS) is 10.2. The highest BCUT2D eigenvalue weighted by Gasteiger charge is 2.18. The van der Waals surface area contributed by atoms with E-state index in [1.807, 2.05) is 31.3 Å². The average molecular weight is 756 g/mol. The number of hydrogen-bond acceptors (Lipinski definition) is 9. The van der Waals surface area contributed by atoms with Crippen LogP contribution < -0.4 is 5.32 Å². The number of halogens is 3. The monoisotopic (exact) mass is 755 g/mol. The number of furan rings is 1. The third-order valence-electron chi connectivity index (χ3n) is 6.38. The van der Waals surface area contributed by atoms with E-state index >= 15 is 0 Å². The largest absolute Gasteiger partial charge is 0.506 e. The lowest BCUT2D eigenvalue weighted by atomic mass is 10.1. The number of esters is 2. The molecule has 244 valence electrons. The molecule has 5 rings (SSSR count). The number of pyridine rings is 2. The van der Waals surface area contributed by atoms with Gasteiger partial charge >= 0.3 is 11.9 Å². The number of aromatic hydroxyl groups is 1. The van der Waals surface area contributed by atoms with Crippen LogP contribution in [0.25, 0.3) is 22.3 Å². The van der Waals surface area contributed by atoms with E-state index in [2.05, 4.69) is 37.6 Å². The van der Waals surface area contributed by atoms with Gasteiger partial charge in [-0.3, -0.25) is 9.97 Å². The number of phenols is 1. The summed E-state index contributed by atoms with van der Waals surface area (Å²) in [5.74, 6) is 0.294. The van der Waals surface area contributed by atoms with E-state index in [0.717, 1.165) is 53.6 Å². The molecular formula is C35H32F2IN3O6. The second kappa shape index (κ2) is 17.7. The molecule has 3 aromatic heterocycles. The molecule has 0 saturated heterocycles. The summed E-state index contributed by atoms with van der Waals surface area (Å²) >= 11 is 1.73. The van der Waals surface area contributed by atoms with Crippen molar-refractivity contribution in [1.82, 2.24) is 15.3 Å². The van der Waals surface area contributed by atoms with Gasteiger partial charge in [0.2, 0.25) is 0 Å². The third kappa shape index (κ3) is 10.1. The van der Waals surface area contributed by atoms with Crippen molar-refractivity contribution >= 4 is 45.5 Å². The lowest BCUT2D eigenvalue weighted by molar-refractivity contribution is 0.0589. The van der Waals surface area contributed by atoms with Gasteiger partial charge in [-0.15, -0.1) is 6.42 Å². The first kappa shape index (κ1) is 36.6. The Labute approximate surface area is 284 Å². The molecule has 0 aliphatic heterocycles. The second-order valence-corrected chi connectivity index (χ2v) is 10.9. The number of fused-ring (bicyclic) bond motifs is 1. The van der Waals surface area contributed by atoms with Crippen molar-refractivity contribution < 1.29 is 37.4 Å². The average Bonchev–Trinajstić information content (AvgIpc) is 3.51. The number of nitrogens with one attached hydrogen (secondary N) is 1. The number of carbonyl (C=O) groups excluding carboxylic acids is 2. The molecule has 0 saturated carbocycles. The van der Waals surface area contributed by atoms with Gasteiger partial charge in [-0.25, -0.2) is 18.4 Å². The number of benzene rings is 2. The molecular weight excluding hydrogens is 723 g/mol. The topological polar surface area (TPSA) is 124 Å². The zero-order valence-electron chi connectivity index (χ0n) is 26.1. The summed E-state index contributed by atoms with van der Waals surface area (Å²) in [5, 5.41) is 12.9. The molecule has 2 aromatic carbocycles. The van der Waals surface area contributed by atoms with Gasteiger partial charge < -0.3 is 24.3 Å². The maximum Gasteiger partial charge on any atom is 0.341 e. The zero-order valence-corrected chi connectivity index (χ0v) is 28.2. The minimum atomic E-state index is -0.755. The Morgan fingerprint density at radius 3 is 2.17 bits per heavy atom. The predicted molar refractivity (Wildman–Crippen MR) is 182 cm³/mol. The molecule has 0 radical (unpaired) electrons. The number of ether oxygens (including phenoxy) is 2. The number of phenolic OH excluding ortho intramolecular Hbond substituents is 1. The van der Waals surface area contributed by atoms with Crippen LogP contribution >= 0.6 is 22.6 Å². The van der Waals surface area contributed by atoms with Gasteiger partial charge in [0.1, 0.15) is 39.9 Å². The van der Waals surface area contributed by atoms with E-state index in [1.54, 1.807) is 41.1 Å². The highest BCUT2D eigenvalue weighted by atomic mass is 127. The van der Waals surface area contributed by atoms with Crippen LogP contribution in [-0.4, -0.2) is 48.3 Å². The highest BCUT2D eigenvalue weighted by molar-refractivity contribution is 14.1. The fraction of sp³-hybridized carbons (Fsp3) is 0.200. The third-order valence-corrected chi connectivity index (χ3v) is 7.21. The Bertz CT molecular complexity index is 1870. The van der Waals surface area contributed by atoms with Crippen molar-refractivity contribution in [3.8, 4) is 29.4 Å². The smallest absolute Gasteiger partial charge is 0.341 e. The van der Waals surface area contributed by atoms with Crippen molar-refractivity contribution in [2.45, 2.75) is 26.3 Å². The minimum Gasteiger partial charge on any atom is -0.506 e. The first-order valence-electron chi connectivity index (χ1n) is 14.1. The van der Waals surface area contributed by atoms with Crippen LogP contribution in [0.5, 0.6) is 5.75 Å². The Balaban J connectivity index is 0.000000212. The molecule has 0 amide bonds. The van der Waals surface area contributed by atoms with Gasteiger partial charge in [0.15, 0.2) is 0 Å². The van der Waals surface area contributed by atoms with Crippen molar-refractivity contribution in [3.05, 3.63) is 110 Å².